The van der Waals surface area contributed by atoms with Crippen LogP contribution in [0.5, 0.6) is 0 Å². The number of benzene rings is 1. The molecule has 0 bridgehead atoms. The standard InChI is InChI=1S/C20H20N4O2S.H2/c1-12(2)26-20(25)23-14-6-17-16-5-13(8-21)3-4-18(16)24(19(17)7-14)10-15-9-22-11-27-15;/h3-5,9,11-12,14H,6-7,10H2,1-2H3,(H,23,25);1H/t14-;/m0./s1. The van der Waals surface area contributed by atoms with Gasteiger partial charge in [0.05, 0.1) is 29.8 Å². The molecule has 3 aromatic rings. The van der Waals surface area contributed by atoms with Gasteiger partial charge in [0.1, 0.15) is 0 Å². The van der Waals surface area contributed by atoms with E-state index in [4.69, 9.17) is 4.74 Å². The van der Waals surface area contributed by atoms with E-state index >= 15 is 0 Å². The Kier molecular flexibility index (Phi) is 4.58. The summed E-state index contributed by atoms with van der Waals surface area (Å²) in [6.45, 7) is 4.41. The van der Waals surface area contributed by atoms with Gasteiger partial charge in [0.15, 0.2) is 0 Å². The van der Waals surface area contributed by atoms with Crippen LogP contribution >= 0.6 is 11.3 Å². The van der Waals surface area contributed by atoms with E-state index < -0.39 is 0 Å². The van der Waals surface area contributed by atoms with Crippen molar-refractivity contribution in [2.75, 3.05) is 0 Å². The second-order valence-corrected chi connectivity index (χ2v) is 8.00. The molecule has 0 spiro atoms. The topological polar surface area (TPSA) is 79.9 Å². The summed E-state index contributed by atoms with van der Waals surface area (Å²) >= 11 is 1.63. The highest BCUT2D eigenvalue weighted by Gasteiger charge is 2.30. The van der Waals surface area contributed by atoms with Gasteiger partial charge in [-0.3, -0.25) is 4.98 Å². The number of aromatic nitrogens is 2. The van der Waals surface area contributed by atoms with Crippen molar-refractivity contribution in [3.63, 3.8) is 0 Å². The summed E-state index contributed by atoms with van der Waals surface area (Å²) in [5.41, 5.74) is 6.03. The fraction of sp³-hybridized carbons (Fsp3) is 0.350. The molecule has 0 radical (unpaired) electrons. The number of nitrogens with one attached hydrogen (secondary N) is 1. The number of hydrogen-bond acceptors (Lipinski definition) is 5. The van der Waals surface area contributed by atoms with E-state index in [-0.39, 0.29) is 19.7 Å². The molecule has 0 aliphatic heterocycles. The van der Waals surface area contributed by atoms with Gasteiger partial charge >= 0.3 is 6.09 Å². The molecule has 2 heterocycles. The third-order valence-corrected chi connectivity index (χ3v) is 5.53. The number of carbonyl (C=O) groups excluding carboxylic acids is 1. The molecule has 0 unspecified atom stereocenters. The van der Waals surface area contributed by atoms with Gasteiger partial charge in [-0.05, 0) is 44.0 Å². The van der Waals surface area contributed by atoms with Gasteiger partial charge in [-0.2, -0.15) is 5.26 Å². The second kappa shape index (κ2) is 7.05. The zero-order chi connectivity index (χ0) is 19.0. The van der Waals surface area contributed by atoms with E-state index in [0.29, 0.717) is 5.56 Å². The van der Waals surface area contributed by atoms with Gasteiger partial charge in [-0.1, -0.05) is 0 Å². The van der Waals surface area contributed by atoms with Gasteiger partial charge in [-0.25, -0.2) is 4.79 Å². The van der Waals surface area contributed by atoms with Crippen LogP contribution in [-0.4, -0.2) is 27.8 Å². The molecule has 1 aromatic carbocycles. The molecule has 4 rings (SSSR count). The first-order valence-electron chi connectivity index (χ1n) is 8.93. The zero-order valence-electron chi connectivity index (χ0n) is 15.2. The Morgan fingerprint density at radius 2 is 2.37 bits per heavy atom. The highest BCUT2D eigenvalue weighted by molar-refractivity contribution is 7.09. The number of thiazole rings is 1. The third-order valence-electron chi connectivity index (χ3n) is 4.77. The number of fused-ring (bicyclic) bond motifs is 3. The lowest BCUT2D eigenvalue weighted by atomic mass is 10.1. The number of nitriles is 1. The van der Waals surface area contributed by atoms with E-state index in [2.05, 4.69) is 20.9 Å². The minimum absolute atomic E-state index is 0. The fourth-order valence-electron chi connectivity index (χ4n) is 3.73. The lowest BCUT2D eigenvalue weighted by molar-refractivity contribution is 0.112. The molecule has 1 aliphatic rings. The van der Waals surface area contributed by atoms with Crippen molar-refractivity contribution in [2.24, 2.45) is 0 Å². The second-order valence-electron chi connectivity index (χ2n) is 7.03. The molecule has 140 valence electrons. The minimum atomic E-state index is -0.379. The number of rotatable bonds is 4. The Hall–Kier alpha value is -2.85. The van der Waals surface area contributed by atoms with Crippen molar-refractivity contribution in [2.45, 2.75) is 45.4 Å². The lowest BCUT2D eigenvalue weighted by Crippen LogP contribution is -2.37. The average Bonchev–Trinajstić information content (AvgIpc) is 3.32. The first-order chi connectivity index (χ1) is 13.0. The molecule has 1 amide bonds. The molecule has 0 fully saturated rings. The van der Waals surface area contributed by atoms with E-state index in [1.54, 1.807) is 11.3 Å². The number of hydrogen-bond donors (Lipinski definition) is 1. The van der Waals surface area contributed by atoms with Crippen molar-refractivity contribution in [1.29, 1.82) is 5.26 Å². The molecule has 1 N–H and O–H groups in total. The molecule has 1 atom stereocenters. The summed E-state index contributed by atoms with van der Waals surface area (Å²) in [6.07, 6.45) is 2.85. The average molecular weight is 382 g/mol. The maximum absolute atomic E-state index is 12.0. The Balaban J connectivity index is 0.00000225. The maximum Gasteiger partial charge on any atom is 0.407 e. The van der Waals surface area contributed by atoms with E-state index in [1.807, 2.05) is 43.8 Å². The minimum Gasteiger partial charge on any atom is -0.447 e. The summed E-state index contributed by atoms with van der Waals surface area (Å²) in [7, 11) is 0. The summed E-state index contributed by atoms with van der Waals surface area (Å²) in [5, 5.41) is 13.3. The number of alkyl carbamates (subject to hydrolysis) is 1. The van der Waals surface area contributed by atoms with E-state index in [1.165, 1.54) is 16.1 Å². The monoisotopic (exact) mass is 382 g/mol. The quantitative estimate of drug-likeness (QED) is 0.743. The van der Waals surface area contributed by atoms with Crippen molar-refractivity contribution < 1.29 is 11.0 Å². The zero-order valence-corrected chi connectivity index (χ0v) is 16.0. The number of carbonyl (C=O) groups is 1. The smallest absolute Gasteiger partial charge is 0.407 e. The van der Waals surface area contributed by atoms with Crippen molar-refractivity contribution in [1.82, 2.24) is 14.9 Å². The number of nitrogens with zero attached hydrogens (tertiary/aromatic N) is 3. The summed E-state index contributed by atoms with van der Waals surface area (Å²) in [4.78, 5) is 17.3. The fourth-order valence-corrected chi connectivity index (χ4v) is 4.32. The first-order valence-corrected chi connectivity index (χ1v) is 9.81. The van der Waals surface area contributed by atoms with Crippen LogP contribution < -0.4 is 5.32 Å². The van der Waals surface area contributed by atoms with Gasteiger partial charge in [0.2, 0.25) is 0 Å². The third kappa shape index (κ3) is 3.40. The summed E-state index contributed by atoms with van der Waals surface area (Å²) < 4.78 is 7.51. The summed E-state index contributed by atoms with van der Waals surface area (Å²) in [5.74, 6) is 0. The van der Waals surface area contributed by atoms with Gasteiger partial charge in [0.25, 0.3) is 0 Å². The molecule has 0 saturated heterocycles. The molecule has 7 heteroatoms. The molecule has 1 aliphatic carbocycles. The highest BCUT2D eigenvalue weighted by atomic mass is 32.1. The maximum atomic E-state index is 12.0. The van der Waals surface area contributed by atoms with Gasteiger partial charge in [0, 0.05) is 41.6 Å². The van der Waals surface area contributed by atoms with E-state index in [9.17, 15) is 10.1 Å². The van der Waals surface area contributed by atoms with Crippen molar-refractivity contribution in [3.05, 3.63) is 51.6 Å². The van der Waals surface area contributed by atoms with Crippen LogP contribution in [0.25, 0.3) is 10.9 Å². The summed E-state index contributed by atoms with van der Waals surface area (Å²) in [6, 6.07) is 8.05. The largest absolute Gasteiger partial charge is 0.447 e. The molecular weight excluding hydrogens is 360 g/mol. The van der Waals surface area contributed by atoms with Crippen LogP contribution in [0.2, 0.25) is 0 Å². The molecule has 2 aromatic heterocycles. The van der Waals surface area contributed by atoms with Crippen molar-refractivity contribution in [3.8, 4) is 6.07 Å². The molecular formula is C20H22N4O2S. The van der Waals surface area contributed by atoms with Gasteiger partial charge in [-0.15, -0.1) is 11.3 Å². The Morgan fingerprint density at radius 3 is 3.07 bits per heavy atom. The lowest BCUT2D eigenvalue weighted by Gasteiger charge is -2.15. The molecule has 0 saturated carbocycles. The van der Waals surface area contributed by atoms with Crippen LogP contribution in [0.4, 0.5) is 4.79 Å². The van der Waals surface area contributed by atoms with Crippen LogP contribution in [0.3, 0.4) is 0 Å². The molecule has 27 heavy (non-hydrogen) atoms. The number of ether oxygens (including phenoxy) is 1. The predicted octanol–water partition coefficient (Wildman–Crippen LogP) is 3.87. The Labute approximate surface area is 162 Å². The van der Waals surface area contributed by atoms with Crippen LogP contribution in [0.15, 0.2) is 29.9 Å². The highest BCUT2D eigenvalue weighted by Crippen LogP contribution is 2.34. The Morgan fingerprint density at radius 1 is 1.52 bits per heavy atom. The number of amides is 1. The predicted molar refractivity (Wildman–Crippen MR) is 106 cm³/mol. The molecule has 6 nitrogen and oxygen atoms in total. The van der Waals surface area contributed by atoms with Gasteiger partial charge < -0.3 is 14.6 Å². The Bertz CT molecular complexity index is 1040. The van der Waals surface area contributed by atoms with Crippen molar-refractivity contribution >= 4 is 28.3 Å². The first kappa shape index (κ1) is 17.6. The SMILES string of the molecule is CC(C)OC(=O)N[C@H]1Cc2c(n(Cc3cncs3)c3ccc(C#N)cc23)C1.[HH]. The van der Waals surface area contributed by atoms with Crippen LogP contribution in [0.1, 0.15) is 37.0 Å². The van der Waals surface area contributed by atoms with E-state index in [0.717, 1.165) is 30.3 Å². The van der Waals surface area contributed by atoms with Crippen LogP contribution in [0, 0.1) is 11.3 Å². The van der Waals surface area contributed by atoms with Crippen LogP contribution in [-0.2, 0) is 24.1 Å². The normalized spacial score (nSPS) is 15.7.